The van der Waals surface area contributed by atoms with Gasteiger partial charge in [0.05, 0.1) is 12.4 Å². The number of aryl methyl sites for hydroxylation is 1. The van der Waals surface area contributed by atoms with E-state index in [9.17, 15) is 9.59 Å². The summed E-state index contributed by atoms with van der Waals surface area (Å²) < 4.78 is 18.6. The van der Waals surface area contributed by atoms with E-state index in [0.29, 0.717) is 17.9 Å². The van der Waals surface area contributed by atoms with Crippen LogP contribution in [0.1, 0.15) is 32.3 Å². The fourth-order valence-electron chi connectivity index (χ4n) is 3.09. The van der Waals surface area contributed by atoms with Crippen molar-refractivity contribution in [2.24, 2.45) is 0 Å². The Hall–Kier alpha value is -2.26. The molecule has 0 radical (unpaired) electrons. The third kappa shape index (κ3) is 2.69. The molecule has 0 amide bonds. The Morgan fingerprint density at radius 3 is 2.83 bits per heavy atom. The summed E-state index contributed by atoms with van der Waals surface area (Å²) in [7, 11) is 1.55. The molecule has 0 aromatic carbocycles. The molecule has 4 atom stereocenters. The average molecular weight is 336 g/mol. The second-order valence-electron chi connectivity index (χ2n) is 5.72. The van der Waals surface area contributed by atoms with E-state index in [2.05, 4.69) is 15.0 Å². The Bertz CT molecular complexity index is 814. The number of methoxy groups -OCH3 is 1. The van der Waals surface area contributed by atoms with E-state index in [1.54, 1.807) is 18.6 Å². The molecule has 3 rings (SSSR count). The minimum absolute atomic E-state index is 0.208. The second kappa shape index (κ2) is 6.33. The quantitative estimate of drug-likeness (QED) is 0.818. The highest BCUT2D eigenvalue weighted by atomic mass is 16.6. The summed E-state index contributed by atoms with van der Waals surface area (Å²) in [6, 6.07) is 0. The number of esters is 1. The van der Waals surface area contributed by atoms with Gasteiger partial charge in [0.15, 0.2) is 23.5 Å². The number of aromatic amines is 1. The molecule has 1 saturated heterocycles. The summed E-state index contributed by atoms with van der Waals surface area (Å²) in [6.07, 6.45) is 0.179. The number of ether oxygens (including phenoxy) is 3. The molecule has 2 aromatic rings. The Morgan fingerprint density at radius 2 is 2.21 bits per heavy atom. The molecule has 0 aliphatic carbocycles. The number of fused-ring (bicyclic) bond motifs is 1. The molecule has 130 valence electrons. The monoisotopic (exact) mass is 336 g/mol. The SMILES string of the molecule is CC[C@H]1O[C@@H](n2cnc3c(=O)[nH]c(C)nc32)[C@@H](OC(C)=O)C1OC. The largest absolute Gasteiger partial charge is 0.455 e. The van der Waals surface area contributed by atoms with E-state index in [4.69, 9.17) is 14.2 Å². The molecule has 0 spiro atoms. The average Bonchev–Trinajstić information content (AvgIpc) is 3.07. The summed E-state index contributed by atoms with van der Waals surface area (Å²) in [5.41, 5.74) is 0.262. The lowest BCUT2D eigenvalue weighted by Crippen LogP contribution is -2.36. The molecule has 9 nitrogen and oxygen atoms in total. The van der Waals surface area contributed by atoms with Crippen LogP contribution in [0.4, 0.5) is 0 Å². The minimum Gasteiger partial charge on any atom is -0.455 e. The number of carbonyl (C=O) groups excluding carboxylic acids is 1. The van der Waals surface area contributed by atoms with Crippen LogP contribution in [0, 0.1) is 6.92 Å². The van der Waals surface area contributed by atoms with Gasteiger partial charge in [0.2, 0.25) is 0 Å². The number of rotatable bonds is 4. The lowest BCUT2D eigenvalue weighted by atomic mass is 10.1. The highest BCUT2D eigenvalue weighted by Gasteiger charge is 2.48. The Morgan fingerprint density at radius 1 is 1.46 bits per heavy atom. The van der Waals surface area contributed by atoms with Crippen LogP contribution in [0.2, 0.25) is 0 Å². The van der Waals surface area contributed by atoms with Crippen molar-refractivity contribution in [3.8, 4) is 0 Å². The molecular weight excluding hydrogens is 316 g/mol. The van der Waals surface area contributed by atoms with E-state index in [1.807, 2.05) is 6.92 Å². The van der Waals surface area contributed by atoms with Crippen LogP contribution in [-0.2, 0) is 19.0 Å². The summed E-state index contributed by atoms with van der Waals surface area (Å²) in [6.45, 7) is 4.98. The van der Waals surface area contributed by atoms with Gasteiger partial charge in [0, 0.05) is 14.0 Å². The number of hydrogen-bond donors (Lipinski definition) is 1. The van der Waals surface area contributed by atoms with Gasteiger partial charge in [0.25, 0.3) is 5.56 Å². The fourth-order valence-corrected chi connectivity index (χ4v) is 3.09. The molecule has 1 aliphatic rings. The first-order valence-electron chi connectivity index (χ1n) is 7.75. The Labute approximate surface area is 137 Å². The van der Waals surface area contributed by atoms with Crippen molar-refractivity contribution >= 4 is 17.1 Å². The van der Waals surface area contributed by atoms with Gasteiger partial charge < -0.3 is 19.2 Å². The molecule has 9 heteroatoms. The van der Waals surface area contributed by atoms with E-state index in [1.165, 1.54) is 13.3 Å². The molecule has 0 saturated carbocycles. The third-order valence-corrected chi connectivity index (χ3v) is 4.09. The van der Waals surface area contributed by atoms with Crippen molar-refractivity contribution in [1.29, 1.82) is 0 Å². The molecule has 24 heavy (non-hydrogen) atoms. The molecule has 0 bridgehead atoms. The lowest BCUT2D eigenvalue weighted by molar-refractivity contribution is -0.156. The van der Waals surface area contributed by atoms with Crippen LogP contribution in [0.25, 0.3) is 11.2 Å². The summed E-state index contributed by atoms with van der Waals surface area (Å²) in [5.74, 6) is 0.0328. The zero-order valence-corrected chi connectivity index (χ0v) is 14.0. The standard InChI is InChI=1S/C15H20N4O5/c1-5-9-11(22-4)12(23-8(3)20)15(24-9)19-6-16-10-13(19)17-7(2)18-14(10)21/h6,9,11-12,15H,5H2,1-4H3,(H,17,18,21)/t9-,11?,12+,15-/m1/s1. The Kier molecular flexibility index (Phi) is 4.37. The molecule has 3 heterocycles. The third-order valence-electron chi connectivity index (χ3n) is 4.09. The van der Waals surface area contributed by atoms with Gasteiger partial charge in [-0.1, -0.05) is 6.92 Å². The minimum atomic E-state index is -0.664. The molecule has 2 aromatic heterocycles. The normalized spacial score (nSPS) is 26.8. The number of imidazole rings is 1. The van der Waals surface area contributed by atoms with Crippen LogP contribution in [0.3, 0.4) is 0 Å². The van der Waals surface area contributed by atoms with Crippen molar-refractivity contribution in [2.45, 2.75) is 51.7 Å². The molecule has 1 unspecified atom stereocenters. The van der Waals surface area contributed by atoms with Gasteiger partial charge >= 0.3 is 5.97 Å². The molecular formula is C15H20N4O5. The van der Waals surface area contributed by atoms with Crippen molar-refractivity contribution < 1.29 is 19.0 Å². The first-order chi connectivity index (χ1) is 11.5. The number of aromatic nitrogens is 4. The van der Waals surface area contributed by atoms with Crippen molar-refractivity contribution in [3.05, 3.63) is 22.5 Å². The van der Waals surface area contributed by atoms with Crippen LogP contribution >= 0.6 is 0 Å². The highest BCUT2D eigenvalue weighted by Crippen LogP contribution is 2.36. The number of carbonyl (C=O) groups is 1. The summed E-state index contributed by atoms with van der Waals surface area (Å²) in [4.78, 5) is 34.6. The van der Waals surface area contributed by atoms with Crippen LogP contribution in [-0.4, -0.2) is 50.9 Å². The Balaban J connectivity index is 2.09. The van der Waals surface area contributed by atoms with Crippen LogP contribution < -0.4 is 5.56 Å². The van der Waals surface area contributed by atoms with E-state index in [-0.39, 0.29) is 17.2 Å². The van der Waals surface area contributed by atoms with Gasteiger partial charge in [-0.2, -0.15) is 0 Å². The van der Waals surface area contributed by atoms with E-state index < -0.39 is 24.4 Å². The molecule has 1 fully saturated rings. The zero-order chi connectivity index (χ0) is 17.4. The fraction of sp³-hybridized carbons (Fsp3) is 0.600. The van der Waals surface area contributed by atoms with Crippen molar-refractivity contribution in [2.75, 3.05) is 7.11 Å². The lowest BCUT2D eigenvalue weighted by Gasteiger charge is -2.23. The zero-order valence-electron chi connectivity index (χ0n) is 14.0. The maximum atomic E-state index is 12.0. The number of H-pyrrole nitrogens is 1. The predicted octanol–water partition coefficient (Wildman–Crippen LogP) is 0.682. The van der Waals surface area contributed by atoms with Gasteiger partial charge in [0.1, 0.15) is 11.9 Å². The smallest absolute Gasteiger partial charge is 0.303 e. The van der Waals surface area contributed by atoms with E-state index >= 15 is 0 Å². The number of hydrogen-bond acceptors (Lipinski definition) is 7. The molecule has 1 aliphatic heterocycles. The second-order valence-corrected chi connectivity index (χ2v) is 5.72. The van der Waals surface area contributed by atoms with Crippen molar-refractivity contribution in [1.82, 2.24) is 19.5 Å². The summed E-state index contributed by atoms with van der Waals surface area (Å²) in [5, 5.41) is 0. The number of nitrogens with zero attached hydrogens (tertiary/aromatic N) is 3. The predicted molar refractivity (Wildman–Crippen MR) is 83.4 cm³/mol. The number of nitrogens with one attached hydrogen (secondary N) is 1. The maximum Gasteiger partial charge on any atom is 0.303 e. The van der Waals surface area contributed by atoms with Crippen molar-refractivity contribution in [3.63, 3.8) is 0 Å². The first-order valence-corrected chi connectivity index (χ1v) is 7.75. The molecule has 1 N–H and O–H groups in total. The van der Waals surface area contributed by atoms with Crippen LogP contribution in [0.5, 0.6) is 0 Å². The van der Waals surface area contributed by atoms with Gasteiger partial charge in [-0.05, 0) is 13.3 Å². The summed E-state index contributed by atoms with van der Waals surface area (Å²) >= 11 is 0. The van der Waals surface area contributed by atoms with Gasteiger partial charge in [-0.25, -0.2) is 9.97 Å². The van der Waals surface area contributed by atoms with E-state index in [0.717, 1.165) is 0 Å². The van der Waals surface area contributed by atoms with Gasteiger partial charge in [-0.3, -0.25) is 14.2 Å². The first kappa shape index (κ1) is 16.6. The maximum absolute atomic E-state index is 12.0. The topological polar surface area (TPSA) is 108 Å². The van der Waals surface area contributed by atoms with Crippen LogP contribution in [0.15, 0.2) is 11.1 Å². The van der Waals surface area contributed by atoms with Gasteiger partial charge in [-0.15, -0.1) is 0 Å². The highest BCUT2D eigenvalue weighted by molar-refractivity contribution is 5.69.